The molecule has 0 fully saturated rings. The van der Waals surface area contributed by atoms with Crippen LogP contribution in [0, 0.1) is 0 Å². The van der Waals surface area contributed by atoms with Crippen molar-refractivity contribution in [3.05, 3.63) is 52.5 Å². The van der Waals surface area contributed by atoms with Gasteiger partial charge in [-0.3, -0.25) is 4.79 Å². The number of nitrogens with one attached hydrogen (secondary N) is 1. The summed E-state index contributed by atoms with van der Waals surface area (Å²) in [5.74, 6) is 0.446. The van der Waals surface area contributed by atoms with Crippen LogP contribution in [0.3, 0.4) is 0 Å². The van der Waals surface area contributed by atoms with Gasteiger partial charge in [0.15, 0.2) is 0 Å². The molecule has 2 aromatic rings. The zero-order valence-electron chi connectivity index (χ0n) is 12.1. The molecule has 0 saturated heterocycles. The summed E-state index contributed by atoms with van der Waals surface area (Å²) in [4.78, 5) is 13.3. The standard InChI is InChI=1S/C16H15Cl2NO2S/c1-10(22-13-6-3-11(17)4-7-13)16(20)19-14-9-12(18)5-8-15(14)21-2/h3-10H,1-2H3,(H,19,20)/t10-/m1/s1. The second-order valence-electron chi connectivity index (χ2n) is 4.55. The molecule has 1 atom stereocenters. The Morgan fingerprint density at radius 3 is 2.41 bits per heavy atom. The first-order chi connectivity index (χ1) is 10.5. The van der Waals surface area contributed by atoms with Gasteiger partial charge in [-0.05, 0) is 49.4 Å². The molecule has 3 nitrogen and oxygen atoms in total. The van der Waals surface area contributed by atoms with E-state index in [4.69, 9.17) is 27.9 Å². The van der Waals surface area contributed by atoms with Crippen LogP contribution < -0.4 is 10.1 Å². The topological polar surface area (TPSA) is 38.3 Å². The Morgan fingerprint density at radius 1 is 1.14 bits per heavy atom. The minimum atomic E-state index is -0.273. The van der Waals surface area contributed by atoms with Gasteiger partial charge < -0.3 is 10.1 Å². The van der Waals surface area contributed by atoms with Crippen LogP contribution in [0.4, 0.5) is 5.69 Å². The zero-order valence-corrected chi connectivity index (χ0v) is 14.4. The van der Waals surface area contributed by atoms with E-state index in [9.17, 15) is 4.79 Å². The number of halogens is 2. The van der Waals surface area contributed by atoms with Crippen molar-refractivity contribution in [2.24, 2.45) is 0 Å². The van der Waals surface area contributed by atoms with Crippen LogP contribution in [-0.4, -0.2) is 18.3 Å². The molecule has 0 heterocycles. The molecule has 1 amide bonds. The average Bonchev–Trinajstić information content (AvgIpc) is 2.49. The Hall–Kier alpha value is -1.36. The maximum atomic E-state index is 12.3. The second-order valence-corrected chi connectivity index (χ2v) is 6.83. The molecule has 0 saturated carbocycles. The number of amides is 1. The largest absolute Gasteiger partial charge is 0.495 e. The molecule has 2 aromatic carbocycles. The molecule has 0 radical (unpaired) electrons. The number of methoxy groups -OCH3 is 1. The number of carbonyl (C=O) groups is 1. The SMILES string of the molecule is COc1ccc(Cl)cc1NC(=O)[C@@H](C)Sc1ccc(Cl)cc1. The number of hydrogen-bond acceptors (Lipinski definition) is 3. The lowest BCUT2D eigenvalue weighted by atomic mass is 10.3. The molecule has 0 aromatic heterocycles. The van der Waals surface area contributed by atoms with Crippen molar-refractivity contribution in [2.75, 3.05) is 12.4 Å². The van der Waals surface area contributed by atoms with Crippen molar-refractivity contribution in [1.82, 2.24) is 0 Å². The maximum absolute atomic E-state index is 12.3. The van der Waals surface area contributed by atoms with Crippen LogP contribution in [0.15, 0.2) is 47.4 Å². The van der Waals surface area contributed by atoms with Crippen molar-refractivity contribution in [3.63, 3.8) is 0 Å². The zero-order chi connectivity index (χ0) is 16.1. The molecule has 2 rings (SSSR count). The van der Waals surface area contributed by atoms with Crippen molar-refractivity contribution in [3.8, 4) is 5.75 Å². The highest BCUT2D eigenvalue weighted by Crippen LogP contribution is 2.30. The van der Waals surface area contributed by atoms with E-state index in [2.05, 4.69) is 5.32 Å². The van der Waals surface area contributed by atoms with Gasteiger partial charge in [0.05, 0.1) is 18.0 Å². The van der Waals surface area contributed by atoms with Crippen molar-refractivity contribution < 1.29 is 9.53 Å². The van der Waals surface area contributed by atoms with Gasteiger partial charge in [-0.1, -0.05) is 23.2 Å². The van der Waals surface area contributed by atoms with Gasteiger partial charge in [-0.15, -0.1) is 11.8 Å². The summed E-state index contributed by atoms with van der Waals surface area (Å²) >= 11 is 13.3. The van der Waals surface area contributed by atoms with Crippen molar-refractivity contribution >= 4 is 46.6 Å². The number of thioether (sulfide) groups is 1. The molecule has 116 valence electrons. The Bertz CT molecular complexity index is 662. The Kier molecular flexibility index (Phi) is 6.00. The smallest absolute Gasteiger partial charge is 0.237 e. The van der Waals surface area contributed by atoms with Gasteiger partial charge in [0.2, 0.25) is 5.91 Å². The summed E-state index contributed by atoms with van der Waals surface area (Å²) in [5, 5.41) is 3.77. The Balaban J connectivity index is 2.05. The third-order valence-corrected chi connectivity index (χ3v) is 4.51. The van der Waals surface area contributed by atoms with Crippen LogP contribution in [0.1, 0.15) is 6.92 Å². The van der Waals surface area contributed by atoms with E-state index < -0.39 is 0 Å². The molecule has 0 spiro atoms. The fraction of sp³-hybridized carbons (Fsp3) is 0.188. The quantitative estimate of drug-likeness (QED) is 0.756. The predicted molar refractivity (Wildman–Crippen MR) is 93.4 cm³/mol. The minimum Gasteiger partial charge on any atom is -0.495 e. The molecule has 0 aliphatic heterocycles. The highest BCUT2D eigenvalue weighted by Gasteiger charge is 2.16. The number of anilines is 1. The molecule has 6 heteroatoms. The number of carbonyl (C=O) groups excluding carboxylic acids is 1. The van der Waals surface area contributed by atoms with Crippen LogP contribution >= 0.6 is 35.0 Å². The van der Waals surface area contributed by atoms with E-state index in [0.717, 1.165) is 4.90 Å². The summed E-state index contributed by atoms with van der Waals surface area (Å²) in [7, 11) is 1.55. The van der Waals surface area contributed by atoms with Gasteiger partial charge in [0.1, 0.15) is 5.75 Å². The number of rotatable bonds is 5. The van der Waals surface area contributed by atoms with Crippen molar-refractivity contribution in [2.45, 2.75) is 17.1 Å². The summed E-state index contributed by atoms with van der Waals surface area (Å²) in [6.45, 7) is 1.84. The normalized spacial score (nSPS) is 11.8. The van der Waals surface area contributed by atoms with E-state index in [0.29, 0.717) is 21.5 Å². The Morgan fingerprint density at radius 2 is 1.77 bits per heavy atom. The lowest BCUT2D eigenvalue weighted by Crippen LogP contribution is -2.22. The summed E-state index contributed by atoms with van der Waals surface area (Å²) in [6.07, 6.45) is 0. The van der Waals surface area contributed by atoms with Gasteiger partial charge in [0.25, 0.3) is 0 Å². The maximum Gasteiger partial charge on any atom is 0.237 e. The molecule has 1 N–H and O–H groups in total. The van der Waals surface area contributed by atoms with Crippen LogP contribution in [-0.2, 0) is 4.79 Å². The number of hydrogen-bond donors (Lipinski definition) is 1. The van der Waals surface area contributed by atoms with E-state index in [-0.39, 0.29) is 11.2 Å². The summed E-state index contributed by atoms with van der Waals surface area (Å²) in [5.41, 5.74) is 0.559. The summed E-state index contributed by atoms with van der Waals surface area (Å²) in [6, 6.07) is 12.5. The lowest BCUT2D eigenvalue weighted by molar-refractivity contribution is -0.115. The third kappa shape index (κ3) is 4.57. The fourth-order valence-electron chi connectivity index (χ4n) is 1.78. The fourth-order valence-corrected chi connectivity index (χ4v) is 2.95. The van der Waals surface area contributed by atoms with E-state index in [1.807, 2.05) is 19.1 Å². The van der Waals surface area contributed by atoms with Crippen molar-refractivity contribution in [1.29, 1.82) is 0 Å². The monoisotopic (exact) mass is 355 g/mol. The molecule has 0 aliphatic carbocycles. The first-order valence-electron chi connectivity index (χ1n) is 6.56. The van der Waals surface area contributed by atoms with E-state index in [1.165, 1.54) is 11.8 Å². The first kappa shape index (κ1) is 17.0. The second kappa shape index (κ2) is 7.77. The molecular formula is C16H15Cl2NO2S. The molecule has 0 bridgehead atoms. The number of ether oxygens (including phenoxy) is 1. The highest BCUT2D eigenvalue weighted by atomic mass is 35.5. The molecule has 0 aliphatic rings. The number of benzene rings is 2. The van der Waals surface area contributed by atoms with E-state index >= 15 is 0 Å². The highest BCUT2D eigenvalue weighted by molar-refractivity contribution is 8.00. The van der Waals surface area contributed by atoms with Gasteiger partial charge in [0, 0.05) is 14.9 Å². The molecule has 0 unspecified atom stereocenters. The molecule has 22 heavy (non-hydrogen) atoms. The van der Waals surface area contributed by atoms with Gasteiger partial charge in [-0.2, -0.15) is 0 Å². The van der Waals surface area contributed by atoms with Crippen LogP contribution in [0.2, 0.25) is 10.0 Å². The average molecular weight is 356 g/mol. The predicted octanol–water partition coefficient (Wildman–Crippen LogP) is 5.12. The summed E-state index contributed by atoms with van der Waals surface area (Å²) < 4.78 is 5.22. The molecular weight excluding hydrogens is 341 g/mol. The third-order valence-electron chi connectivity index (χ3n) is 2.92. The Labute approximate surface area is 144 Å². The van der Waals surface area contributed by atoms with Crippen LogP contribution in [0.5, 0.6) is 5.75 Å². The van der Waals surface area contributed by atoms with Crippen LogP contribution in [0.25, 0.3) is 0 Å². The minimum absolute atomic E-state index is 0.125. The van der Waals surface area contributed by atoms with E-state index in [1.54, 1.807) is 37.4 Å². The van der Waals surface area contributed by atoms with Gasteiger partial charge in [-0.25, -0.2) is 0 Å². The lowest BCUT2D eigenvalue weighted by Gasteiger charge is -2.14. The first-order valence-corrected chi connectivity index (χ1v) is 8.20. The van der Waals surface area contributed by atoms with Gasteiger partial charge >= 0.3 is 0 Å².